The molecule has 2 aliphatic rings. The summed E-state index contributed by atoms with van der Waals surface area (Å²) in [6.45, 7) is 2.39. The number of fused-ring (bicyclic) bond motifs is 1. The van der Waals surface area contributed by atoms with E-state index < -0.39 is 10.0 Å². The summed E-state index contributed by atoms with van der Waals surface area (Å²) in [5, 5.41) is 9.01. The zero-order chi connectivity index (χ0) is 18.3. The Hall–Kier alpha value is -1.48. The van der Waals surface area contributed by atoms with Gasteiger partial charge >= 0.3 is 0 Å². The quantitative estimate of drug-likeness (QED) is 0.794. The van der Waals surface area contributed by atoms with Gasteiger partial charge < -0.3 is 4.57 Å². The fourth-order valence-corrected chi connectivity index (χ4v) is 5.77. The van der Waals surface area contributed by atoms with Crippen molar-refractivity contribution >= 4 is 21.6 Å². The van der Waals surface area contributed by atoms with Crippen LogP contribution in [0.1, 0.15) is 30.5 Å². The van der Waals surface area contributed by atoms with Gasteiger partial charge in [0.1, 0.15) is 16.5 Å². The number of likely N-dealkylation sites (tertiary alicyclic amines) is 1. The average molecular weight is 396 g/mol. The molecule has 1 atom stereocenters. The van der Waals surface area contributed by atoms with Crippen LogP contribution in [0.5, 0.6) is 0 Å². The maximum absolute atomic E-state index is 13.0. The molecular weight excluding hydrogens is 374 g/mol. The summed E-state index contributed by atoms with van der Waals surface area (Å²) in [5.41, 5.74) is 0. The molecule has 0 amide bonds. The number of hydrogen-bond acceptors (Lipinski definition) is 5. The van der Waals surface area contributed by atoms with Crippen molar-refractivity contribution in [3.8, 4) is 0 Å². The number of sulfonamides is 1. The molecule has 1 fully saturated rings. The minimum atomic E-state index is -3.62. The highest BCUT2D eigenvalue weighted by Crippen LogP contribution is 2.31. The monoisotopic (exact) mass is 395 g/mol. The van der Waals surface area contributed by atoms with Crippen LogP contribution >= 0.6 is 11.6 Å². The second-order valence-corrected chi connectivity index (χ2v) is 9.16. The van der Waals surface area contributed by atoms with Crippen LogP contribution in [0.25, 0.3) is 0 Å². The van der Waals surface area contributed by atoms with Gasteiger partial charge in [0.05, 0.1) is 11.1 Å². The highest BCUT2D eigenvalue weighted by Gasteiger charge is 2.32. The van der Waals surface area contributed by atoms with Gasteiger partial charge in [0.15, 0.2) is 0 Å². The molecule has 1 saturated heterocycles. The van der Waals surface area contributed by atoms with Crippen molar-refractivity contribution in [2.45, 2.75) is 36.7 Å². The number of halogens is 1. The number of benzene rings is 1. The molecule has 9 heteroatoms. The predicted molar refractivity (Wildman–Crippen MR) is 98.5 cm³/mol. The second kappa shape index (κ2) is 6.92. The van der Waals surface area contributed by atoms with Crippen molar-refractivity contribution in [2.24, 2.45) is 0 Å². The van der Waals surface area contributed by atoms with Gasteiger partial charge in [-0.15, -0.1) is 10.2 Å². The van der Waals surface area contributed by atoms with Crippen LogP contribution < -0.4 is 0 Å². The topological polar surface area (TPSA) is 71.3 Å². The van der Waals surface area contributed by atoms with Crippen LogP contribution in [-0.2, 0) is 23.0 Å². The van der Waals surface area contributed by atoms with E-state index in [1.54, 1.807) is 24.3 Å². The molecule has 140 valence electrons. The Morgan fingerprint density at radius 2 is 1.92 bits per heavy atom. The lowest BCUT2D eigenvalue weighted by molar-refractivity contribution is 0.295. The summed E-state index contributed by atoms with van der Waals surface area (Å²) < 4.78 is 29.6. The molecule has 0 spiro atoms. The minimum Gasteiger partial charge on any atom is -0.312 e. The van der Waals surface area contributed by atoms with Gasteiger partial charge in [0.25, 0.3) is 0 Å². The Morgan fingerprint density at radius 1 is 1.12 bits per heavy atom. The van der Waals surface area contributed by atoms with Gasteiger partial charge in [-0.3, -0.25) is 4.90 Å². The molecule has 1 aromatic heterocycles. The lowest BCUT2D eigenvalue weighted by Gasteiger charge is -2.22. The first-order valence-corrected chi connectivity index (χ1v) is 10.7. The summed E-state index contributed by atoms with van der Waals surface area (Å²) >= 11 is 6.13. The van der Waals surface area contributed by atoms with Crippen LogP contribution in [-0.4, -0.2) is 59.1 Å². The van der Waals surface area contributed by atoms with E-state index in [9.17, 15) is 8.42 Å². The SMILES string of the molecule is CN1CCC[C@@H]1c1nnc2n1CCN(S(=O)(=O)c1ccccc1Cl)CC2. The van der Waals surface area contributed by atoms with E-state index in [1.807, 2.05) is 0 Å². The van der Waals surface area contributed by atoms with Crippen LogP contribution in [0.15, 0.2) is 29.2 Å². The first-order valence-electron chi connectivity index (χ1n) is 8.85. The number of nitrogens with zero attached hydrogens (tertiary/aromatic N) is 5. The standard InChI is InChI=1S/C17H22ClN5O2S/c1-21-9-4-6-14(21)17-20-19-16-8-10-22(11-12-23(16)17)26(24,25)15-7-3-2-5-13(15)18/h2-3,5,7,14H,4,6,8-12H2,1H3/t14-/m1/s1. The maximum atomic E-state index is 13.0. The Kier molecular flexibility index (Phi) is 4.77. The van der Waals surface area contributed by atoms with Crippen molar-refractivity contribution in [1.82, 2.24) is 24.0 Å². The number of hydrogen-bond donors (Lipinski definition) is 0. The first-order chi connectivity index (χ1) is 12.5. The van der Waals surface area contributed by atoms with Crippen LogP contribution in [0.3, 0.4) is 0 Å². The molecule has 0 unspecified atom stereocenters. The normalized spacial score (nSPS) is 22.3. The zero-order valence-corrected chi connectivity index (χ0v) is 16.2. The van der Waals surface area contributed by atoms with E-state index in [0.29, 0.717) is 26.1 Å². The van der Waals surface area contributed by atoms with Gasteiger partial charge in [0.2, 0.25) is 10.0 Å². The van der Waals surface area contributed by atoms with Crippen molar-refractivity contribution in [3.05, 3.63) is 40.9 Å². The molecule has 3 heterocycles. The Morgan fingerprint density at radius 3 is 2.65 bits per heavy atom. The molecule has 1 aromatic carbocycles. The zero-order valence-electron chi connectivity index (χ0n) is 14.7. The molecule has 0 bridgehead atoms. The van der Waals surface area contributed by atoms with Gasteiger partial charge in [0, 0.05) is 26.1 Å². The molecule has 26 heavy (non-hydrogen) atoms. The Balaban J connectivity index is 1.59. The lowest BCUT2D eigenvalue weighted by Crippen LogP contribution is -2.34. The molecule has 0 aliphatic carbocycles. The smallest absolute Gasteiger partial charge is 0.244 e. The highest BCUT2D eigenvalue weighted by molar-refractivity contribution is 7.89. The third-order valence-corrected chi connectivity index (χ3v) is 7.69. The number of aromatic nitrogens is 3. The van der Waals surface area contributed by atoms with E-state index in [4.69, 9.17) is 11.6 Å². The van der Waals surface area contributed by atoms with E-state index in [2.05, 4.69) is 26.7 Å². The van der Waals surface area contributed by atoms with E-state index in [-0.39, 0.29) is 16.0 Å². The third kappa shape index (κ3) is 3.05. The molecular formula is C17H22ClN5O2S. The van der Waals surface area contributed by atoms with E-state index in [1.165, 1.54) is 4.31 Å². The molecule has 0 radical (unpaired) electrons. The molecule has 0 N–H and O–H groups in total. The van der Waals surface area contributed by atoms with Crippen LogP contribution in [0, 0.1) is 0 Å². The Bertz CT molecular complexity index is 914. The third-order valence-electron chi connectivity index (χ3n) is 5.29. The predicted octanol–water partition coefficient (Wildman–Crippen LogP) is 1.95. The molecule has 2 aromatic rings. The molecule has 2 aliphatic heterocycles. The van der Waals surface area contributed by atoms with E-state index in [0.717, 1.165) is 31.0 Å². The lowest BCUT2D eigenvalue weighted by atomic mass is 10.2. The van der Waals surface area contributed by atoms with Crippen molar-refractivity contribution < 1.29 is 8.42 Å². The summed E-state index contributed by atoms with van der Waals surface area (Å²) in [5.74, 6) is 1.81. The van der Waals surface area contributed by atoms with E-state index >= 15 is 0 Å². The van der Waals surface area contributed by atoms with Crippen LogP contribution in [0.4, 0.5) is 0 Å². The van der Waals surface area contributed by atoms with Crippen molar-refractivity contribution in [1.29, 1.82) is 0 Å². The Labute approximate surface area is 158 Å². The first kappa shape index (κ1) is 17.9. The van der Waals surface area contributed by atoms with Gasteiger partial charge in [-0.05, 0) is 38.6 Å². The second-order valence-electron chi connectivity index (χ2n) is 6.85. The largest absolute Gasteiger partial charge is 0.312 e. The van der Waals surface area contributed by atoms with Crippen molar-refractivity contribution in [2.75, 3.05) is 26.7 Å². The van der Waals surface area contributed by atoms with Crippen LogP contribution in [0.2, 0.25) is 5.02 Å². The van der Waals surface area contributed by atoms with Gasteiger partial charge in [-0.2, -0.15) is 4.31 Å². The minimum absolute atomic E-state index is 0.162. The summed E-state index contributed by atoms with van der Waals surface area (Å²) in [4.78, 5) is 2.45. The summed E-state index contributed by atoms with van der Waals surface area (Å²) in [6.07, 6.45) is 2.76. The maximum Gasteiger partial charge on any atom is 0.244 e. The van der Waals surface area contributed by atoms with Crippen molar-refractivity contribution in [3.63, 3.8) is 0 Å². The fourth-order valence-electron chi connectivity index (χ4n) is 3.84. The summed E-state index contributed by atoms with van der Waals surface area (Å²) in [7, 11) is -1.52. The number of rotatable bonds is 3. The average Bonchev–Trinajstić information content (AvgIpc) is 3.14. The van der Waals surface area contributed by atoms with Gasteiger partial charge in [-0.25, -0.2) is 8.42 Å². The summed E-state index contributed by atoms with van der Waals surface area (Å²) in [6, 6.07) is 6.86. The fraction of sp³-hybridized carbons (Fsp3) is 0.529. The highest BCUT2D eigenvalue weighted by atomic mass is 35.5. The molecule has 4 rings (SSSR count). The van der Waals surface area contributed by atoms with Gasteiger partial charge in [-0.1, -0.05) is 23.7 Å². The molecule has 0 saturated carbocycles. The molecule has 7 nitrogen and oxygen atoms in total.